The lowest BCUT2D eigenvalue weighted by Gasteiger charge is -2.15. The van der Waals surface area contributed by atoms with Crippen LogP contribution in [0.25, 0.3) is 0 Å². The van der Waals surface area contributed by atoms with Gasteiger partial charge in [0.15, 0.2) is 0 Å². The minimum Gasteiger partial charge on any atom is -0.383 e. The van der Waals surface area contributed by atoms with E-state index in [1.54, 1.807) is 0 Å². The van der Waals surface area contributed by atoms with E-state index in [9.17, 15) is 0 Å². The van der Waals surface area contributed by atoms with Gasteiger partial charge in [0.05, 0.1) is 0 Å². The first-order valence-corrected chi connectivity index (χ1v) is 7.86. The number of nitrogens with two attached hydrogens (primary N) is 1. The third-order valence-corrected chi connectivity index (χ3v) is 4.35. The van der Waals surface area contributed by atoms with Crippen molar-refractivity contribution in [3.8, 4) is 0 Å². The van der Waals surface area contributed by atoms with Crippen molar-refractivity contribution in [2.24, 2.45) is 5.92 Å². The highest BCUT2D eigenvalue weighted by Crippen LogP contribution is 2.47. The fourth-order valence-electron chi connectivity index (χ4n) is 2.31. The molecule has 0 bridgehead atoms. The summed E-state index contributed by atoms with van der Waals surface area (Å²) in [7, 11) is 0. The molecule has 1 aliphatic rings. The molecule has 1 heterocycles. The molecule has 0 aromatic carbocycles. The van der Waals surface area contributed by atoms with Crippen molar-refractivity contribution in [3.05, 3.63) is 5.56 Å². The van der Waals surface area contributed by atoms with Gasteiger partial charge >= 0.3 is 0 Å². The van der Waals surface area contributed by atoms with Crippen molar-refractivity contribution in [1.29, 1.82) is 0 Å². The Morgan fingerprint density at radius 3 is 2.67 bits per heavy atom. The Hall–Kier alpha value is -0.770. The van der Waals surface area contributed by atoms with E-state index in [0.717, 1.165) is 11.7 Å². The van der Waals surface area contributed by atoms with Crippen LogP contribution in [-0.2, 0) is 0 Å². The summed E-state index contributed by atoms with van der Waals surface area (Å²) in [5.74, 6) is 2.23. The highest BCUT2D eigenvalue weighted by Gasteiger charge is 2.30. The molecule has 2 rings (SSSR count). The zero-order valence-corrected chi connectivity index (χ0v) is 12.5. The van der Waals surface area contributed by atoms with E-state index in [2.05, 4.69) is 30.5 Å². The van der Waals surface area contributed by atoms with E-state index < -0.39 is 0 Å². The SMILES string of the molecule is CC(C)CCCC(C)Nc1snc(N)c1C1CC1. The van der Waals surface area contributed by atoms with Crippen LogP contribution in [0.3, 0.4) is 0 Å². The lowest BCUT2D eigenvalue weighted by Crippen LogP contribution is -2.15. The second-order valence-corrected chi connectivity index (χ2v) is 6.73. The quantitative estimate of drug-likeness (QED) is 0.777. The summed E-state index contributed by atoms with van der Waals surface area (Å²) in [5, 5.41) is 4.82. The number of hydrogen-bond donors (Lipinski definition) is 2. The van der Waals surface area contributed by atoms with Crippen LogP contribution >= 0.6 is 11.5 Å². The molecular weight excluding hydrogens is 242 g/mol. The summed E-state index contributed by atoms with van der Waals surface area (Å²) in [4.78, 5) is 0. The summed E-state index contributed by atoms with van der Waals surface area (Å²) in [6.45, 7) is 6.83. The Labute approximate surface area is 114 Å². The van der Waals surface area contributed by atoms with Crippen molar-refractivity contribution in [2.45, 2.75) is 64.8 Å². The number of nitrogens with one attached hydrogen (secondary N) is 1. The van der Waals surface area contributed by atoms with Crippen LogP contribution in [0.4, 0.5) is 10.8 Å². The van der Waals surface area contributed by atoms with Crippen molar-refractivity contribution < 1.29 is 0 Å². The van der Waals surface area contributed by atoms with E-state index in [4.69, 9.17) is 5.73 Å². The van der Waals surface area contributed by atoms with Crippen molar-refractivity contribution >= 4 is 22.4 Å². The molecule has 0 spiro atoms. The summed E-state index contributed by atoms with van der Waals surface area (Å²) < 4.78 is 4.30. The van der Waals surface area contributed by atoms with Gasteiger partial charge in [0.1, 0.15) is 10.8 Å². The summed E-state index contributed by atoms with van der Waals surface area (Å²) in [5.41, 5.74) is 7.24. The second-order valence-electron chi connectivity index (χ2n) is 5.96. The Morgan fingerprint density at radius 1 is 1.33 bits per heavy atom. The van der Waals surface area contributed by atoms with Crippen molar-refractivity contribution in [2.75, 3.05) is 11.1 Å². The average molecular weight is 267 g/mol. The molecule has 102 valence electrons. The Morgan fingerprint density at radius 2 is 2.06 bits per heavy atom. The molecule has 0 aliphatic heterocycles. The molecule has 0 saturated heterocycles. The molecule has 18 heavy (non-hydrogen) atoms. The minimum atomic E-state index is 0.515. The fourth-order valence-corrected chi connectivity index (χ4v) is 3.22. The van der Waals surface area contributed by atoms with Crippen LogP contribution < -0.4 is 11.1 Å². The van der Waals surface area contributed by atoms with Gasteiger partial charge in [0, 0.05) is 11.6 Å². The van der Waals surface area contributed by atoms with Crippen LogP contribution in [-0.4, -0.2) is 10.4 Å². The Bertz CT molecular complexity index is 382. The number of hydrogen-bond acceptors (Lipinski definition) is 4. The Kier molecular flexibility index (Phi) is 4.49. The van der Waals surface area contributed by atoms with E-state index in [0.29, 0.717) is 12.0 Å². The van der Waals surface area contributed by atoms with Gasteiger partial charge in [-0.05, 0) is 49.6 Å². The summed E-state index contributed by atoms with van der Waals surface area (Å²) >= 11 is 1.53. The number of aromatic nitrogens is 1. The van der Waals surface area contributed by atoms with Crippen LogP contribution in [0.1, 0.15) is 64.4 Å². The first-order chi connectivity index (χ1) is 8.58. The molecule has 3 N–H and O–H groups in total. The zero-order valence-electron chi connectivity index (χ0n) is 11.7. The maximum Gasteiger partial charge on any atom is 0.142 e. The highest BCUT2D eigenvalue weighted by molar-refractivity contribution is 7.10. The molecule has 0 radical (unpaired) electrons. The van der Waals surface area contributed by atoms with Crippen LogP contribution in [0.15, 0.2) is 0 Å². The fraction of sp³-hybridized carbons (Fsp3) is 0.786. The number of nitrogens with zero attached hydrogens (tertiary/aromatic N) is 1. The van der Waals surface area contributed by atoms with Gasteiger partial charge in [0.2, 0.25) is 0 Å². The average Bonchev–Trinajstić information content (AvgIpc) is 3.05. The lowest BCUT2D eigenvalue weighted by molar-refractivity contribution is 0.520. The van der Waals surface area contributed by atoms with Crippen LogP contribution in [0.2, 0.25) is 0 Å². The largest absolute Gasteiger partial charge is 0.383 e. The van der Waals surface area contributed by atoms with Gasteiger partial charge in [-0.3, -0.25) is 0 Å². The highest BCUT2D eigenvalue weighted by atomic mass is 32.1. The maximum atomic E-state index is 5.96. The lowest BCUT2D eigenvalue weighted by atomic mass is 10.0. The van der Waals surface area contributed by atoms with Crippen molar-refractivity contribution in [3.63, 3.8) is 0 Å². The number of nitrogen functional groups attached to an aromatic ring is 1. The molecular formula is C14H25N3S. The molecule has 1 fully saturated rings. The smallest absolute Gasteiger partial charge is 0.142 e. The third-order valence-electron chi connectivity index (χ3n) is 3.54. The number of anilines is 2. The standard InChI is InChI=1S/C14H25N3S/c1-9(2)5-4-6-10(3)16-14-12(11-7-8-11)13(15)17-18-14/h9-11,16H,4-8H2,1-3H3,(H2,15,17). The normalized spacial score (nSPS) is 17.1. The number of rotatable bonds is 7. The predicted molar refractivity (Wildman–Crippen MR) is 80.3 cm³/mol. The second kappa shape index (κ2) is 5.91. The Balaban J connectivity index is 1.85. The molecule has 1 atom stereocenters. The molecule has 1 aromatic heterocycles. The molecule has 1 saturated carbocycles. The van der Waals surface area contributed by atoms with E-state index in [-0.39, 0.29) is 0 Å². The van der Waals surface area contributed by atoms with Gasteiger partial charge < -0.3 is 11.1 Å². The van der Waals surface area contributed by atoms with Crippen LogP contribution in [0, 0.1) is 5.92 Å². The third kappa shape index (κ3) is 3.61. The van der Waals surface area contributed by atoms with E-state index in [1.807, 2.05) is 0 Å². The van der Waals surface area contributed by atoms with E-state index in [1.165, 1.54) is 54.2 Å². The molecule has 4 heteroatoms. The summed E-state index contributed by atoms with van der Waals surface area (Å²) in [6.07, 6.45) is 6.38. The molecule has 0 amide bonds. The van der Waals surface area contributed by atoms with Gasteiger partial charge in [-0.25, -0.2) is 0 Å². The first kappa shape index (κ1) is 13.7. The monoisotopic (exact) mass is 267 g/mol. The summed E-state index contributed by atoms with van der Waals surface area (Å²) in [6, 6.07) is 0.515. The maximum absolute atomic E-state index is 5.96. The minimum absolute atomic E-state index is 0.515. The molecule has 1 unspecified atom stereocenters. The van der Waals surface area contributed by atoms with Gasteiger partial charge in [-0.1, -0.05) is 26.7 Å². The predicted octanol–water partition coefficient (Wildman–Crippen LogP) is 4.23. The van der Waals surface area contributed by atoms with Gasteiger partial charge in [-0.15, -0.1) is 0 Å². The molecule has 1 aromatic rings. The zero-order chi connectivity index (χ0) is 13.1. The first-order valence-electron chi connectivity index (χ1n) is 7.09. The molecule has 1 aliphatic carbocycles. The molecule has 3 nitrogen and oxygen atoms in total. The topological polar surface area (TPSA) is 50.9 Å². The van der Waals surface area contributed by atoms with Gasteiger partial charge in [-0.2, -0.15) is 4.37 Å². The van der Waals surface area contributed by atoms with Gasteiger partial charge in [0.25, 0.3) is 0 Å². The van der Waals surface area contributed by atoms with Crippen LogP contribution in [0.5, 0.6) is 0 Å². The van der Waals surface area contributed by atoms with Crippen molar-refractivity contribution in [1.82, 2.24) is 4.37 Å². The van der Waals surface area contributed by atoms with E-state index >= 15 is 0 Å².